The van der Waals surface area contributed by atoms with Gasteiger partial charge in [0.25, 0.3) is 5.91 Å². The molecule has 0 aliphatic heterocycles. The third kappa shape index (κ3) is 4.66. The number of hydrogen-bond acceptors (Lipinski definition) is 7. The summed E-state index contributed by atoms with van der Waals surface area (Å²) in [5.74, 6) is -0.964. The van der Waals surface area contributed by atoms with Crippen LogP contribution in [0.15, 0.2) is 42.9 Å². The highest BCUT2D eigenvalue weighted by Crippen LogP contribution is 2.35. The summed E-state index contributed by atoms with van der Waals surface area (Å²) in [6.07, 6.45) is 6.45. The first-order valence-electron chi connectivity index (χ1n) is 12.5. The summed E-state index contributed by atoms with van der Waals surface area (Å²) in [6.45, 7) is 5.50. The quantitative estimate of drug-likeness (QED) is 0.306. The maximum atomic E-state index is 14.7. The van der Waals surface area contributed by atoms with Crippen LogP contribution in [0.25, 0.3) is 28.0 Å². The zero-order valence-electron chi connectivity index (χ0n) is 21.4. The Hall–Kier alpha value is -4.16. The van der Waals surface area contributed by atoms with Crippen LogP contribution in [0.3, 0.4) is 0 Å². The minimum atomic E-state index is -0.616. The van der Waals surface area contributed by atoms with E-state index in [1.165, 1.54) is 17.1 Å². The third-order valence-corrected chi connectivity index (χ3v) is 7.27. The molecule has 1 saturated carbocycles. The number of aryl methyl sites for hydroxylation is 1. The number of pyridine rings is 1. The number of nitrogens with zero attached hydrogens (tertiary/aromatic N) is 8. The minimum absolute atomic E-state index is 0.0339. The molecule has 0 saturated heterocycles. The lowest BCUT2D eigenvalue weighted by Crippen LogP contribution is -2.18. The van der Waals surface area contributed by atoms with Crippen LogP contribution in [0, 0.1) is 12.7 Å². The van der Waals surface area contributed by atoms with Gasteiger partial charge < -0.3 is 10.4 Å². The van der Waals surface area contributed by atoms with E-state index in [-0.39, 0.29) is 34.2 Å². The van der Waals surface area contributed by atoms with Gasteiger partial charge in [-0.05, 0) is 68.7 Å². The summed E-state index contributed by atoms with van der Waals surface area (Å²) in [7, 11) is 0. The van der Waals surface area contributed by atoms with E-state index in [0.717, 1.165) is 35.7 Å². The summed E-state index contributed by atoms with van der Waals surface area (Å²) in [6, 6.07) is 6.25. The molecule has 1 aliphatic rings. The van der Waals surface area contributed by atoms with E-state index < -0.39 is 17.8 Å². The maximum Gasteiger partial charge on any atom is 0.259 e. The Bertz CT molecular complexity index is 1720. The van der Waals surface area contributed by atoms with Crippen molar-refractivity contribution in [2.24, 2.45) is 0 Å². The molecule has 2 atom stereocenters. The van der Waals surface area contributed by atoms with E-state index in [1.54, 1.807) is 22.3 Å². The number of tetrazole rings is 1. The number of aromatic nitrogens is 8. The highest BCUT2D eigenvalue weighted by Gasteiger charge is 2.27. The number of amides is 1. The molecule has 39 heavy (non-hydrogen) atoms. The monoisotopic (exact) mass is 549 g/mol. The van der Waals surface area contributed by atoms with Gasteiger partial charge in [0.15, 0.2) is 0 Å². The van der Waals surface area contributed by atoms with Crippen LogP contribution in [-0.2, 0) is 0 Å². The Morgan fingerprint density at radius 1 is 1.21 bits per heavy atom. The zero-order chi connectivity index (χ0) is 27.4. The van der Waals surface area contributed by atoms with Crippen molar-refractivity contribution in [3.8, 4) is 22.5 Å². The van der Waals surface area contributed by atoms with Crippen molar-refractivity contribution >= 4 is 28.7 Å². The molecule has 1 fully saturated rings. The molecule has 5 aromatic rings. The highest BCUT2D eigenvalue weighted by molar-refractivity contribution is 6.34. The fourth-order valence-corrected chi connectivity index (χ4v) is 4.51. The fraction of sp³-hybridized carbons (Fsp3) is 0.308. The molecule has 0 unspecified atom stereocenters. The number of aliphatic hydroxyl groups is 1. The van der Waals surface area contributed by atoms with Crippen LogP contribution in [0.1, 0.15) is 54.8 Å². The third-order valence-electron chi connectivity index (χ3n) is 6.96. The predicted octanol–water partition coefficient (Wildman–Crippen LogP) is 4.48. The zero-order valence-corrected chi connectivity index (χ0v) is 22.1. The minimum Gasteiger partial charge on any atom is -0.391 e. The smallest absolute Gasteiger partial charge is 0.259 e. The lowest BCUT2D eigenvalue weighted by Gasteiger charge is -2.14. The first-order chi connectivity index (χ1) is 18.7. The van der Waals surface area contributed by atoms with Gasteiger partial charge in [-0.2, -0.15) is 15.0 Å². The SMILES string of the molecule is Cc1nn([C@H](C)[C@@H](C)O)cc1-c1ccn2ncc(C(=O)Nc3cc(-c4nnn(C5CC5)n4)c(F)cc3Cl)c2c1. The van der Waals surface area contributed by atoms with Crippen molar-refractivity contribution < 1.29 is 14.3 Å². The van der Waals surface area contributed by atoms with Gasteiger partial charge in [0.1, 0.15) is 5.82 Å². The van der Waals surface area contributed by atoms with Crippen molar-refractivity contribution in [3.05, 3.63) is 65.0 Å². The number of rotatable bonds is 7. The number of carbonyl (C=O) groups excluding carboxylic acids is 1. The van der Waals surface area contributed by atoms with Crippen molar-refractivity contribution in [1.29, 1.82) is 0 Å². The van der Waals surface area contributed by atoms with Crippen molar-refractivity contribution in [2.45, 2.75) is 51.8 Å². The van der Waals surface area contributed by atoms with Gasteiger partial charge in [-0.3, -0.25) is 9.48 Å². The summed E-state index contributed by atoms with van der Waals surface area (Å²) in [5.41, 5.74) is 3.66. The Morgan fingerprint density at radius 2 is 2.00 bits per heavy atom. The summed E-state index contributed by atoms with van der Waals surface area (Å²) >= 11 is 6.29. The molecule has 4 heterocycles. The normalized spacial score (nSPS) is 15.0. The van der Waals surface area contributed by atoms with Gasteiger partial charge >= 0.3 is 0 Å². The van der Waals surface area contributed by atoms with Crippen LogP contribution < -0.4 is 5.32 Å². The van der Waals surface area contributed by atoms with Gasteiger partial charge in [0.2, 0.25) is 5.82 Å². The molecule has 1 aromatic carbocycles. The second-order valence-corrected chi connectivity index (χ2v) is 10.2. The average Bonchev–Trinajstić information content (AvgIpc) is 3.30. The molecule has 6 rings (SSSR count). The Morgan fingerprint density at radius 3 is 2.74 bits per heavy atom. The molecule has 1 aliphatic carbocycles. The molecule has 1 amide bonds. The van der Waals surface area contributed by atoms with Crippen LogP contribution in [0.4, 0.5) is 10.1 Å². The highest BCUT2D eigenvalue weighted by atomic mass is 35.5. The van der Waals surface area contributed by atoms with E-state index in [9.17, 15) is 14.3 Å². The second kappa shape index (κ2) is 9.54. The largest absolute Gasteiger partial charge is 0.391 e. The second-order valence-electron chi connectivity index (χ2n) is 9.82. The standard InChI is InChI=1S/C26H25ClFN9O2/c1-13-20(12-36(32-13)14(2)15(3)38)16-6-7-35-24(8-16)19(11-29-35)26(39)30-23-9-18(22(28)10-21(23)27)25-31-34-37(33-25)17-4-5-17/h6-12,14-15,17,38H,4-5H2,1-3H3,(H,30,39)/t14-,15-/m1/s1. The lowest BCUT2D eigenvalue weighted by atomic mass is 10.1. The Balaban J connectivity index is 1.31. The van der Waals surface area contributed by atoms with Crippen molar-refractivity contribution in [1.82, 2.24) is 39.6 Å². The topological polar surface area (TPSA) is 128 Å². The number of nitrogens with one attached hydrogen (secondary N) is 1. The van der Waals surface area contributed by atoms with Gasteiger partial charge in [-0.1, -0.05) is 11.6 Å². The van der Waals surface area contributed by atoms with Gasteiger partial charge in [0, 0.05) is 18.0 Å². The summed E-state index contributed by atoms with van der Waals surface area (Å²) < 4.78 is 18.1. The first kappa shape index (κ1) is 25.1. The van der Waals surface area contributed by atoms with E-state index in [1.807, 2.05) is 32.2 Å². The van der Waals surface area contributed by atoms with Gasteiger partial charge in [0.05, 0.1) is 57.4 Å². The fourth-order valence-electron chi connectivity index (χ4n) is 4.32. The van der Waals surface area contributed by atoms with Crippen LogP contribution >= 0.6 is 11.6 Å². The van der Waals surface area contributed by atoms with E-state index >= 15 is 0 Å². The molecule has 0 bridgehead atoms. The molecule has 0 radical (unpaired) electrons. The molecular weight excluding hydrogens is 525 g/mol. The number of carbonyl (C=O) groups is 1. The number of aliphatic hydroxyl groups excluding tert-OH is 1. The molecule has 13 heteroatoms. The van der Waals surface area contributed by atoms with Crippen LogP contribution in [-0.4, -0.2) is 56.7 Å². The number of benzene rings is 1. The predicted molar refractivity (Wildman–Crippen MR) is 142 cm³/mol. The van der Waals surface area contributed by atoms with Crippen LogP contribution in [0.2, 0.25) is 5.02 Å². The van der Waals surface area contributed by atoms with E-state index in [0.29, 0.717) is 11.1 Å². The first-order valence-corrected chi connectivity index (χ1v) is 12.9. The number of hydrogen-bond donors (Lipinski definition) is 2. The van der Waals surface area contributed by atoms with Crippen molar-refractivity contribution in [3.63, 3.8) is 0 Å². The van der Waals surface area contributed by atoms with Gasteiger partial charge in [-0.25, -0.2) is 8.91 Å². The van der Waals surface area contributed by atoms with Gasteiger partial charge in [-0.15, -0.1) is 10.2 Å². The molecule has 200 valence electrons. The molecule has 4 aromatic heterocycles. The molecule has 11 nitrogen and oxygen atoms in total. The number of halogens is 2. The van der Waals surface area contributed by atoms with Crippen molar-refractivity contribution in [2.75, 3.05) is 5.32 Å². The Kier molecular flexibility index (Phi) is 6.15. The number of fused-ring (bicyclic) bond motifs is 1. The number of anilines is 1. The molecule has 2 N–H and O–H groups in total. The lowest BCUT2D eigenvalue weighted by molar-refractivity contribution is 0.102. The summed E-state index contributed by atoms with van der Waals surface area (Å²) in [5, 5.41) is 33.9. The van der Waals surface area contributed by atoms with E-state index in [2.05, 4.69) is 30.9 Å². The molecule has 0 spiro atoms. The Labute approximate surface area is 227 Å². The van der Waals surface area contributed by atoms with E-state index in [4.69, 9.17) is 11.6 Å². The summed E-state index contributed by atoms with van der Waals surface area (Å²) in [4.78, 5) is 14.8. The average molecular weight is 550 g/mol. The molecular formula is C26H25ClFN9O2. The maximum absolute atomic E-state index is 14.7. The van der Waals surface area contributed by atoms with Crippen LogP contribution in [0.5, 0.6) is 0 Å².